The molecular formula is C15H18F3NO3. The Morgan fingerprint density at radius 1 is 1.27 bits per heavy atom. The maximum absolute atomic E-state index is 12.6. The molecule has 1 rings (SSSR count). The number of amides is 1. The predicted molar refractivity (Wildman–Crippen MR) is 74.2 cm³/mol. The van der Waals surface area contributed by atoms with Crippen LogP contribution in [0.4, 0.5) is 13.2 Å². The van der Waals surface area contributed by atoms with E-state index in [0.717, 1.165) is 18.2 Å². The van der Waals surface area contributed by atoms with E-state index in [1.54, 1.807) is 0 Å². The predicted octanol–water partition coefficient (Wildman–Crippen LogP) is 3.02. The third kappa shape index (κ3) is 5.05. The minimum Gasteiger partial charge on any atom is -0.467 e. The molecule has 0 radical (unpaired) electrons. The maximum Gasteiger partial charge on any atom is 0.416 e. The van der Waals surface area contributed by atoms with Crippen LogP contribution in [-0.4, -0.2) is 25.0 Å². The molecule has 0 heterocycles. The summed E-state index contributed by atoms with van der Waals surface area (Å²) in [6.07, 6.45) is -4.20. The van der Waals surface area contributed by atoms with Gasteiger partial charge in [0.05, 0.1) is 12.7 Å². The van der Waals surface area contributed by atoms with Gasteiger partial charge in [-0.15, -0.1) is 0 Å². The van der Waals surface area contributed by atoms with Crippen LogP contribution in [0.25, 0.3) is 0 Å². The van der Waals surface area contributed by atoms with E-state index < -0.39 is 29.7 Å². The molecule has 1 N–H and O–H groups in total. The number of methoxy groups -OCH3 is 1. The van der Waals surface area contributed by atoms with Crippen molar-refractivity contribution in [2.75, 3.05) is 7.11 Å². The van der Waals surface area contributed by atoms with E-state index in [0.29, 0.717) is 6.42 Å². The smallest absolute Gasteiger partial charge is 0.416 e. The summed E-state index contributed by atoms with van der Waals surface area (Å²) >= 11 is 0. The second kappa shape index (κ2) is 7.29. The Morgan fingerprint density at radius 3 is 2.41 bits per heavy atom. The lowest BCUT2D eigenvalue weighted by molar-refractivity contribution is -0.143. The summed E-state index contributed by atoms with van der Waals surface area (Å²) in [5.41, 5.74) is -1.08. The number of nitrogens with one attached hydrogen (secondary N) is 1. The number of hydrogen-bond donors (Lipinski definition) is 1. The van der Waals surface area contributed by atoms with Crippen LogP contribution in [0.5, 0.6) is 0 Å². The SMILES string of the molecule is COC(=O)C(CC(C)C)NC(=O)c1cccc(C(F)(F)F)c1. The fraction of sp³-hybridized carbons (Fsp3) is 0.467. The number of halogens is 3. The van der Waals surface area contributed by atoms with Crippen molar-refractivity contribution in [3.05, 3.63) is 35.4 Å². The number of esters is 1. The third-order valence-corrected chi connectivity index (χ3v) is 2.95. The first-order valence-corrected chi connectivity index (χ1v) is 6.71. The lowest BCUT2D eigenvalue weighted by Crippen LogP contribution is -2.42. The molecular weight excluding hydrogens is 299 g/mol. The van der Waals surface area contributed by atoms with Crippen LogP contribution in [0, 0.1) is 5.92 Å². The zero-order chi connectivity index (χ0) is 16.9. The highest BCUT2D eigenvalue weighted by Gasteiger charge is 2.31. The summed E-state index contributed by atoms with van der Waals surface area (Å²) in [7, 11) is 1.19. The average molecular weight is 317 g/mol. The van der Waals surface area contributed by atoms with E-state index >= 15 is 0 Å². The zero-order valence-corrected chi connectivity index (χ0v) is 12.5. The highest BCUT2D eigenvalue weighted by molar-refractivity contribution is 5.96. The molecule has 22 heavy (non-hydrogen) atoms. The fourth-order valence-electron chi connectivity index (χ4n) is 1.91. The first-order chi connectivity index (χ1) is 10.1. The number of alkyl halides is 3. The molecule has 0 aromatic heterocycles. The van der Waals surface area contributed by atoms with Gasteiger partial charge in [-0.1, -0.05) is 19.9 Å². The van der Waals surface area contributed by atoms with Crippen molar-refractivity contribution >= 4 is 11.9 Å². The number of hydrogen-bond acceptors (Lipinski definition) is 3. The third-order valence-electron chi connectivity index (χ3n) is 2.95. The molecule has 0 aliphatic carbocycles. The largest absolute Gasteiger partial charge is 0.467 e. The van der Waals surface area contributed by atoms with Gasteiger partial charge < -0.3 is 10.1 Å². The first-order valence-electron chi connectivity index (χ1n) is 6.71. The Labute approximate surface area is 126 Å². The number of ether oxygens (including phenoxy) is 1. The van der Waals surface area contributed by atoms with Gasteiger partial charge in [0.2, 0.25) is 0 Å². The minimum atomic E-state index is -4.53. The maximum atomic E-state index is 12.6. The molecule has 1 amide bonds. The standard InChI is InChI=1S/C15H18F3NO3/c1-9(2)7-12(14(21)22-3)19-13(20)10-5-4-6-11(8-10)15(16,17)18/h4-6,8-9,12H,7H2,1-3H3,(H,19,20). The van der Waals surface area contributed by atoms with Gasteiger partial charge >= 0.3 is 12.1 Å². The summed E-state index contributed by atoms with van der Waals surface area (Å²) in [5.74, 6) is -1.28. The van der Waals surface area contributed by atoms with Crippen molar-refractivity contribution in [2.45, 2.75) is 32.5 Å². The molecule has 0 aliphatic heterocycles. The molecule has 1 unspecified atom stereocenters. The molecule has 0 saturated heterocycles. The molecule has 1 aromatic rings. The van der Waals surface area contributed by atoms with Crippen LogP contribution in [0.15, 0.2) is 24.3 Å². The molecule has 0 spiro atoms. The molecule has 1 aromatic carbocycles. The Balaban J connectivity index is 2.93. The number of benzene rings is 1. The molecule has 1 atom stereocenters. The van der Waals surface area contributed by atoms with Crippen molar-refractivity contribution in [2.24, 2.45) is 5.92 Å². The number of carbonyl (C=O) groups is 2. The highest BCUT2D eigenvalue weighted by Crippen LogP contribution is 2.29. The van der Waals surface area contributed by atoms with Crippen LogP contribution in [0.3, 0.4) is 0 Å². The summed E-state index contributed by atoms with van der Waals surface area (Å²) in [6.45, 7) is 3.71. The minimum absolute atomic E-state index is 0.103. The number of carbonyl (C=O) groups excluding carboxylic acids is 2. The lowest BCUT2D eigenvalue weighted by atomic mass is 10.0. The van der Waals surface area contributed by atoms with E-state index in [-0.39, 0.29) is 11.5 Å². The molecule has 122 valence electrons. The molecule has 7 heteroatoms. The summed E-state index contributed by atoms with van der Waals surface area (Å²) < 4.78 is 42.5. The normalized spacial score (nSPS) is 12.9. The Hall–Kier alpha value is -2.05. The van der Waals surface area contributed by atoms with E-state index in [4.69, 9.17) is 0 Å². The van der Waals surface area contributed by atoms with Crippen molar-refractivity contribution in [3.8, 4) is 0 Å². The van der Waals surface area contributed by atoms with Crippen LogP contribution in [0.2, 0.25) is 0 Å². The molecule has 0 fully saturated rings. The first kappa shape index (κ1) is 18.0. The summed E-state index contributed by atoms with van der Waals surface area (Å²) in [6, 6.07) is 3.13. The van der Waals surface area contributed by atoms with Gasteiger partial charge in [0.25, 0.3) is 5.91 Å². The van der Waals surface area contributed by atoms with Crippen LogP contribution >= 0.6 is 0 Å². The van der Waals surface area contributed by atoms with Crippen molar-refractivity contribution in [1.82, 2.24) is 5.32 Å². The van der Waals surface area contributed by atoms with Gasteiger partial charge in [0, 0.05) is 5.56 Å². The zero-order valence-electron chi connectivity index (χ0n) is 12.5. The Morgan fingerprint density at radius 2 is 1.91 bits per heavy atom. The van der Waals surface area contributed by atoms with E-state index in [1.807, 2.05) is 13.8 Å². The van der Waals surface area contributed by atoms with Gasteiger partial charge in [0.1, 0.15) is 6.04 Å². The Kier molecular flexibility index (Phi) is 5.96. The van der Waals surface area contributed by atoms with E-state index in [1.165, 1.54) is 13.2 Å². The number of rotatable bonds is 5. The monoisotopic (exact) mass is 317 g/mol. The van der Waals surface area contributed by atoms with Crippen LogP contribution < -0.4 is 5.32 Å². The van der Waals surface area contributed by atoms with Crippen molar-refractivity contribution in [3.63, 3.8) is 0 Å². The van der Waals surface area contributed by atoms with Gasteiger partial charge in [-0.05, 0) is 30.5 Å². The van der Waals surface area contributed by atoms with E-state index in [2.05, 4.69) is 10.1 Å². The molecule has 4 nitrogen and oxygen atoms in total. The average Bonchev–Trinajstić information content (AvgIpc) is 2.44. The molecule has 0 bridgehead atoms. The van der Waals surface area contributed by atoms with Crippen molar-refractivity contribution in [1.29, 1.82) is 0 Å². The van der Waals surface area contributed by atoms with Crippen LogP contribution in [0.1, 0.15) is 36.2 Å². The second-order valence-corrected chi connectivity index (χ2v) is 5.26. The van der Waals surface area contributed by atoms with Crippen LogP contribution in [-0.2, 0) is 15.7 Å². The van der Waals surface area contributed by atoms with Gasteiger partial charge in [-0.3, -0.25) is 4.79 Å². The Bertz CT molecular complexity index is 541. The second-order valence-electron chi connectivity index (χ2n) is 5.26. The summed E-state index contributed by atoms with van der Waals surface area (Å²) in [5, 5.41) is 2.41. The lowest BCUT2D eigenvalue weighted by Gasteiger charge is -2.18. The van der Waals surface area contributed by atoms with E-state index in [9.17, 15) is 22.8 Å². The van der Waals surface area contributed by atoms with Gasteiger partial charge in [0.15, 0.2) is 0 Å². The fourth-order valence-corrected chi connectivity index (χ4v) is 1.91. The van der Waals surface area contributed by atoms with Gasteiger partial charge in [-0.2, -0.15) is 13.2 Å². The van der Waals surface area contributed by atoms with Gasteiger partial charge in [-0.25, -0.2) is 4.79 Å². The summed E-state index contributed by atoms with van der Waals surface area (Å²) in [4.78, 5) is 23.7. The highest BCUT2D eigenvalue weighted by atomic mass is 19.4. The topological polar surface area (TPSA) is 55.4 Å². The molecule has 0 aliphatic rings. The quantitative estimate of drug-likeness (QED) is 0.849. The molecule has 0 saturated carbocycles. The van der Waals surface area contributed by atoms with Crippen molar-refractivity contribution < 1.29 is 27.5 Å².